The lowest BCUT2D eigenvalue weighted by Crippen LogP contribution is -2.29. The summed E-state index contributed by atoms with van der Waals surface area (Å²) in [6, 6.07) is 6.74. The molecule has 114 valence electrons. The zero-order chi connectivity index (χ0) is 14.8. The van der Waals surface area contributed by atoms with E-state index in [1.54, 1.807) is 0 Å². The van der Waals surface area contributed by atoms with Crippen LogP contribution >= 0.6 is 23.2 Å². The fraction of sp³-hybridized carbons (Fsp3) is 0.562. The lowest BCUT2D eigenvalue weighted by atomic mass is 10.3. The average Bonchev–Trinajstić information content (AvgIpc) is 3.24. The van der Waals surface area contributed by atoms with Crippen molar-refractivity contribution in [1.29, 1.82) is 0 Å². The molecule has 1 saturated carbocycles. The van der Waals surface area contributed by atoms with Gasteiger partial charge in [0.25, 0.3) is 0 Å². The Labute approximate surface area is 135 Å². The van der Waals surface area contributed by atoms with Crippen LogP contribution in [-0.2, 0) is 13.0 Å². The number of alkyl halides is 1. The minimum Gasteiger partial charge on any atom is -0.327 e. The van der Waals surface area contributed by atoms with Crippen molar-refractivity contribution in [3.8, 4) is 0 Å². The predicted molar refractivity (Wildman–Crippen MR) is 89.4 cm³/mol. The number of likely N-dealkylation sites (N-methyl/N-ethyl adjacent to an activating group) is 1. The van der Waals surface area contributed by atoms with Crippen LogP contribution in [0.1, 0.15) is 25.6 Å². The van der Waals surface area contributed by atoms with E-state index in [4.69, 9.17) is 28.2 Å². The van der Waals surface area contributed by atoms with E-state index in [1.807, 2.05) is 12.1 Å². The molecule has 1 aromatic heterocycles. The van der Waals surface area contributed by atoms with E-state index in [0.29, 0.717) is 5.88 Å². The quantitative estimate of drug-likeness (QED) is 0.718. The molecule has 3 nitrogen and oxygen atoms in total. The molecule has 1 aromatic carbocycles. The summed E-state index contributed by atoms with van der Waals surface area (Å²) in [5.74, 6) is 1.66. The average molecular weight is 326 g/mol. The first-order valence-corrected chi connectivity index (χ1v) is 8.59. The SMILES string of the molecule is CCN(CCn1c(CCCl)nc2cc(Cl)ccc21)C1CC1. The van der Waals surface area contributed by atoms with Gasteiger partial charge in [0.1, 0.15) is 5.82 Å². The molecule has 0 atom stereocenters. The summed E-state index contributed by atoms with van der Waals surface area (Å²) in [6.45, 7) is 5.40. The summed E-state index contributed by atoms with van der Waals surface area (Å²) in [5, 5.41) is 0.734. The molecule has 0 bridgehead atoms. The summed E-state index contributed by atoms with van der Waals surface area (Å²) in [5.41, 5.74) is 2.13. The topological polar surface area (TPSA) is 21.1 Å². The summed E-state index contributed by atoms with van der Waals surface area (Å²) in [7, 11) is 0. The Balaban J connectivity index is 1.85. The molecule has 2 aromatic rings. The molecular weight excluding hydrogens is 305 g/mol. The number of fused-ring (bicyclic) bond motifs is 1. The second-order valence-corrected chi connectivity index (χ2v) is 6.43. The third kappa shape index (κ3) is 3.36. The maximum absolute atomic E-state index is 6.07. The number of hydrogen-bond donors (Lipinski definition) is 0. The van der Waals surface area contributed by atoms with Crippen molar-refractivity contribution in [3.63, 3.8) is 0 Å². The number of aromatic nitrogens is 2. The van der Waals surface area contributed by atoms with Crippen molar-refractivity contribution < 1.29 is 0 Å². The van der Waals surface area contributed by atoms with Crippen molar-refractivity contribution in [3.05, 3.63) is 29.0 Å². The summed E-state index contributed by atoms with van der Waals surface area (Å²) in [6.07, 6.45) is 3.49. The van der Waals surface area contributed by atoms with Gasteiger partial charge in [-0.1, -0.05) is 18.5 Å². The highest BCUT2D eigenvalue weighted by atomic mass is 35.5. The van der Waals surface area contributed by atoms with Crippen LogP contribution in [0, 0.1) is 0 Å². The maximum atomic E-state index is 6.07. The molecule has 1 aliphatic rings. The van der Waals surface area contributed by atoms with Gasteiger partial charge in [-0.2, -0.15) is 0 Å². The van der Waals surface area contributed by atoms with E-state index >= 15 is 0 Å². The van der Waals surface area contributed by atoms with E-state index in [2.05, 4.69) is 22.5 Å². The van der Waals surface area contributed by atoms with Crippen LogP contribution in [0.15, 0.2) is 18.2 Å². The number of nitrogens with zero attached hydrogens (tertiary/aromatic N) is 3. The monoisotopic (exact) mass is 325 g/mol. The van der Waals surface area contributed by atoms with E-state index in [1.165, 1.54) is 12.8 Å². The van der Waals surface area contributed by atoms with Gasteiger partial charge in [-0.3, -0.25) is 4.90 Å². The van der Waals surface area contributed by atoms with Crippen molar-refractivity contribution in [2.45, 2.75) is 38.8 Å². The van der Waals surface area contributed by atoms with Crippen LogP contribution in [0.25, 0.3) is 11.0 Å². The number of aryl methyl sites for hydroxylation is 1. The highest BCUT2D eigenvalue weighted by Crippen LogP contribution is 2.27. The molecule has 0 saturated heterocycles. The predicted octanol–water partition coefficient (Wildman–Crippen LogP) is 3.96. The number of rotatable bonds is 7. The molecule has 3 rings (SSSR count). The first kappa shape index (κ1) is 15.1. The Kier molecular flexibility index (Phi) is 4.72. The van der Waals surface area contributed by atoms with Crippen LogP contribution in [-0.4, -0.2) is 39.5 Å². The van der Waals surface area contributed by atoms with Crippen molar-refractivity contribution in [2.75, 3.05) is 19.0 Å². The van der Waals surface area contributed by atoms with Gasteiger partial charge in [0.15, 0.2) is 0 Å². The largest absolute Gasteiger partial charge is 0.327 e. The maximum Gasteiger partial charge on any atom is 0.111 e. The molecule has 1 aliphatic carbocycles. The van der Waals surface area contributed by atoms with Gasteiger partial charge < -0.3 is 4.57 Å². The fourth-order valence-corrected chi connectivity index (χ4v) is 3.28. The van der Waals surface area contributed by atoms with E-state index < -0.39 is 0 Å². The molecule has 0 spiro atoms. The van der Waals surface area contributed by atoms with Gasteiger partial charge >= 0.3 is 0 Å². The number of imidazole rings is 1. The molecule has 0 N–H and O–H groups in total. The van der Waals surface area contributed by atoms with E-state index in [0.717, 1.165) is 54.0 Å². The number of benzene rings is 1. The van der Waals surface area contributed by atoms with E-state index in [9.17, 15) is 0 Å². The Hall–Kier alpha value is -0.770. The van der Waals surface area contributed by atoms with Gasteiger partial charge in [-0.15, -0.1) is 11.6 Å². The second-order valence-electron chi connectivity index (χ2n) is 5.61. The summed E-state index contributed by atoms with van der Waals surface area (Å²) < 4.78 is 2.30. The van der Waals surface area contributed by atoms with Gasteiger partial charge in [-0.25, -0.2) is 4.98 Å². The van der Waals surface area contributed by atoms with Crippen LogP contribution in [0.5, 0.6) is 0 Å². The van der Waals surface area contributed by atoms with Gasteiger partial charge in [0.2, 0.25) is 0 Å². The Bertz CT molecular complexity index is 619. The molecule has 0 aliphatic heterocycles. The fourth-order valence-electron chi connectivity index (χ4n) is 2.94. The summed E-state index contributed by atoms with van der Waals surface area (Å²) in [4.78, 5) is 7.26. The standard InChI is InChI=1S/C16H21Cl2N3/c1-2-20(13-4-5-13)9-10-21-15-6-3-12(18)11-14(15)19-16(21)7-8-17/h3,6,11,13H,2,4-5,7-10H2,1H3. The minimum atomic E-state index is 0.594. The Morgan fingerprint density at radius 3 is 2.86 bits per heavy atom. The number of hydrogen-bond acceptors (Lipinski definition) is 2. The first-order valence-electron chi connectivity index (χ1n) is 7.67. The van der Waals surface area contributed by atoms with Gasteiger partial charge in [-0.05, 0) is 37.6 Å². The summed E-state index contributed by atoms with van der Waals surface area (Å²) >= 11 is 12.0. The van der Waals surface area contributed by atoms with Crippen LogP contribution in [0.3, 0.4) is 0 Å². The van der Waals surface area contributed by atoms with Crippen molar-refractivity contribution >= 4 is 34.2 Å². The Morgan fingerprint density at radius 1 is 1.38 bits per heavy atom. The highest BCUT2D eigenvalue weighted by molar-refractivity contribution is 6.31. The van der Waals surface area contributed by atoms with Gasteiger partial charge in [0, 0.05) is 36.5 Å². The molecule has 21 heavy (non-hydrogen) atoms. The number of halogens is 2. The molecule has 0 unspecified atom stereocenters. The lowest BCUT2D eigenvalue weighted by molar-refractivity contribution is 0.266. The van der Waals surface area contributed by atoms with Crippen molar-refractivity contribution in [1.82, 2.24) is 14.5 Å². The van der Waals surface area contributed by atoms with Crippen LogP contribution < -0.4 is 0 Å². The molecule has 0 radical (unpaired) electrons. The molecule has 5 heteroatoms. The Morgan fingerprint density at radius 2 is 2.19 bits per heavy atom. The second kappa shape index (κ2) is 6.55. The lowest BCUT2D eigenvalue weighted by Gasteiger charge is -2.20. The highest BCUT2D eigenvalue weighted by Gasteiger charge is 2.27. The molecule has 1 fully saturated rings. The van der Waals surface area contributed by atoms with Crippen LogP contribution in [0.4, 0.5) is 0 Å². The molecule has 1 heterocycles. The zero-order valence-electron chi connectivity index (χ0n) is 12.4. The van der Waals surface area contributed by atoms with Gasteiger partial charge in [0.05, 0.1) is 11.0 Å². The first-order chi connectivity index (χ1) is 10.2. The van der Waals surface area contributed by atoms with E-state index in [-0.39, 0.29) is 0 Å². The zero-order valence-corrected chi connectivity index (χ0v) is 13.9. The third-order valence-corrected chi connectivity index (χ3v) is 4.61. The normalized spacial score (nSPS) is 15.2. The minimum absolute atomic E-state index is 0.594. The van der Waals surface area contributed by atoms with Crippen molar-refractivity contribution in [2.24, 2.45) is 0 Å². The van der Waals surface area contributed by atoms with Crippen LogP contribution in [0.2, 0.25) is 5.02 Å². The molecule has 0 amide bonds. The third-order valence-electron chi connectivity index (χ3n) is 4.19. The smallest absolute Gasteiger partial charge is 0.111 e. The molecular formula is C16H21Cl2N3.